The highest BCUT2D eigenvalue weighted by atomic mass is 14.9. The quantitative estimate of drug-likeness (QED) is 0.639. The lowest BCUT2D eigenvalue weighted by molar-refractivity contribution is 0.912. The van der Waals surface area contributed by atoms with Gasteiger partial charge in [-0.25, -0.2) is 4.98 Å². The number of imidazole rings is 1. The first-order valence-corrected chi connectivity index (χ1v) is 3.59. The molecule has 0 radical (unpaired) electrons. The summed E-state index contributed by atoms with van der Waals surface area (Å²) in [6, 6.07) is 0. The summed E-state index contributed by atoms with van der Waals surface area (Å²) in [7, 11) is 0. The molecule has 0 saturated carbocycles. The van der Waals surface area contributed by atoms with E-state index in [1.807, 2.05) is 6.20 Å². The highest BCUT2D eigenvalue weighted by molar-refractivity contribution is 5.01. The molecule has 0 spiro atoms. The number of hydrogen-bond donors (Lipinski definition) is 2. The van der Waals surface area contributed by atoms with Crippen LogP contribution in [0, 0.1) is 0 Å². The van der Waals surface area contributed by atoms with Gasteiger partial charge in [0.05, 0.1) is 0 Å². The Morgan fingerprint density at radius 2 is 2.50 bits per heavy atom. The van der Waals surface area contributed by atoms with Gasteiger partial charge in [0.1, 0.15) is 5.82 Å². The zero-order valence-electron chi connectivity index (χ0n) is 6.22. The van der Waals surface area contributed by atoms with E-state index in [2.05, 4.69) is 16.9 Å². The van der Waals surface area contributed by atoms with Gasteiger partial charge in [0.2, 0.25) is 0 Å². The van der Waals surface area contributed by atoms with E-state index in [4.69, 9.17) is 5.73 Å². The van der Waals surface area contributed by atoms with E-state index >= 15 is 0 Å². The summed E-state index contributed by atoms with van der Waals surface area (Å²) in [5, 5.41) is 0. The average Bonchev–Trinajstić information content (AvgIpc) is 2.37. The number of aryl methyl sites for hydroxylation is 1. The molecule has 1 aromatic rings. The molecule has 56 valence electrons. The van der Waals surface area contributed by atoms with Crippen LogP contribution in [-0.4, -0.2) is 16.5 Å². The third-order valence-electron chi connectivity index (χ3n) is 1.43. The Labute approximate surface area is 60.7 Å². The van der Waals surface area contributed by atoms with Crippen LogP contribution < -0.4 is 5.73 Å². The molecule has 1 rings (SSSR count). The fourth-order valence-corrected chi connectivity index (χ4v) is 0.868. The van der Waals surface area contributed by atoms with Crippen molar-refractivity contribution in [3.05, 3.63) is 17.7 Å². The Balaban J connectivity index is 2.59. The molecular weight excluding hydrogens is 126 g/mol. The minimum atomic E-state index is 0.686. The number of hydrogen-bond acceptors (Lipinski definition) is 2. The number of aromatic amines is 1. The van der Waals surface area contributed by atoms with Crippen LogP contribution in [0.1, 0.15) is 18.4 Å². The van der Waals surface area contributed by atoms with Crippen LogP contribution in [0.5, 0.6) is 0 Å². The van der Waals surface area contributed by atoms with E-state index in [1.54, 1.807) is 0 Å². The van der Waals surface area contributed by atoms with Gasteiger partial charge < -0.3 is 10.7 Å². The SMILES string of the molecule is CCc1ncc(CCN)[nH]1. The number of H-pyrrole nitrogens is 1. The molecule has 0 aliphatic rings. The molecule has 0 amide bonds. The van der Waals surface area contributed by atoms with E-state index < -0.39 is 0 Å². The summed E-state index contributed by atoms with van der Waals surface area (Å²) in [6.07, 6.45) is 3.71. The number of nitrogens with zero attached hydrogens (tertiary/aromatic N) is 1. The molecule has 1 aromatic heterocycles. The van der Waals surface area contributed by atoms with Crippen LogP contribution in [-0.2, 0) is 12.8 Å². The van der Waals surface area contributed by atoms with Gasteiger partial charge in [0.25, 0.3) is 0 Å². The standard InChI is InChI=1S/C7H13N3/c1-2-7-9-5-6(10-7)3-4-8/h5H,2-4,8H2,1H3,(H,9,10). The smallest absolute Gasteiger partial charge is 0.105 e. The van der Waals surface area contributed by atoms with Gasteiger partial charge in [-0.1, -0.05) is 6.92 Å². The molecule has 0 aliphatic carbocycles. The van der Waals surface area contributed by atoms with Crippen molar-refractivity contribution in [1.29, 1.82) is 0 Å². The first kappa shape index (κ1) is 7.28. The lowest BCUT2D eigenvalue weighted by Gasteiger charge is -1.89. The van der Waals surface area contributed by atoms with Crippen molar-refractivity contribution >= 4 is 0 Å². The van der Waals surface area contributed by atoms with Crippen LogP contribution in [0.4, 0.5) is 0 Å². The molecule has 0 aliphatic heterocycles. The van der Waals surface area contributed by atoms with Gasteiger partial charge in [0.15, 0.2) is 0 Å². The summed E-state index contributed by atoms with van der Waals surface area (Å²) in [4.78, 5) is 7.31. The maximum Gasteiger partial charge on any atom is 0.105 e. The molecule has 3 N–H and O–H groups in total. The highest BCUT2D eigenvalue weighted by Gasteiger charge is 1.95. The molecule has 10 heavy (non-hydrogen) atoms. The first-order valence-electron chi connectivity index (χ1n) is 3.59. The van der Waals surface area contributed by atoms with Crippen molar-refractivity contribution in [3.8, 4) is 0 Å². The van der Waals surface area contributed by atoms with Crippen molar-refractivity contribution in [2.24, 2.45) is 5.73 Å². The molecular formula is C7H13N3. The fourth-order valence-electron chi connectivity index (χ4n) is 0.868. The molecule has 3 nitrogen and oxygen atoms in total. The number of aromatic nitrogens is 2. The van der Waals surface area contributed by atoms with E-state index in [1.165, 1.54) is 0 Å². The molecule has 0 bridgehead atoms. The van der Waals surface area contributed by atoms with E-state index in [0.29, 0.717) is 6.54 Å². The normalized spacial score (nSPS) is 10.2. The molecule has 0 fully saturated rings. The topological polar surface area (TPSA) is 54.7 Å². The van der Waals surface area contributed by atoms with E-state index in [-0.39, 0.29) is 0 Å². The minimum Gasteiger partial charge on any atom is -0.346 e. The molecule has 0 saturated heterocycles. The average molecular weight is 139 g/mol. The molecule has 0 aromatic carbocycles. The van der Waals surface area contributed by atoms with Gasteiger partial charge >= 0.3 is 0 Å². The zero-order valence-corrected chi connectivity index (χ0v) is 6.22. The fraction of sp³-hybridized carbons (Fsp3) is 0.571. The second-order valence-corrected chi connectivity index (χ2v) is 2.25. The van der Waals surface area contributed by atoms with Crippen LogP contribution in [0.3, 0.4) is 0 Å². The highest BCUT2D eigenvalue weighted by Crippen LogP contribution is 1.96. The van der Waals surface area contributed by atoms with E-state index in [0.717, 1.165) is 24.4 Å². The van der Waals surface area contributed by atoms with Crippen molar-refractivity contribution in [1.82, 2.24) is 9.97 Å². The predicted octanol–water partition coefficient (Wildman–Crippen LogP) is 0.473. The monoisotopic (exact) mass is 139 g/mol. The molecule has 0 unspecified atom stereocenters. The first-order chi connectivity index (χ1) is 4.86. The second-order valence-electron chi connectivity index (χ2n) is 2.25. The summed E-state index contributed by atoms with van der Waals surface area (Å²) >= 11 is 0. The lowest BCUT2D eigenvalue weighted by atomic mass is 10.3. The van der Waals surface area contributed by atoms with Gasteiger partial charge in [-0.3, -0.25) is 0 Å². The summed E-state index contributed by atoms with van der Waals surface area (Å²) in [6.45, 7) is 2.76. The predicted molar refractivity (Wildman–Crippen MR) is 40.7 cm³/mol. The third kappa shape index (κ3) is 1.57. The van der Waals surface area contributed by atoms with Gasteiger partial charge in [0, 0.05) is 24.7 Å². The van der Waals surface area contributed by atoms with Crippen LogP contribution in [0.25, 0.3) is 0 Å². The Morgan fingerprint density at radius 1 is 1.70 bits per heavy atom. The minimum absolute atomic E-state index is 0.686. The maximum absolute atomic E-state index is 5.36. The van der Waals surface area contributed by atoms with Gasteiger partial charge in [-0.15, -0.1) is 0 Å². The third-order valence-corrected chi connectivity index (χ3v) is 1.43. The summed E-state index contributed by atoms with van der Waals surface area (Å²) in [5.74, 6) is 1.04. The van der Waals surface area contributed by atoms with Crippen molar-refractivity contribution in [2.45, 2.75) is 19.8 Å². The molecule has 1 heterocycles. The zero-order chi connectivity index (χ0) is 7.40. The lowest BCUT2D eigenvalue weighted by Crippen LogP contribution is -2.02. The Morgan fingerprint density at radius 3 is 3.00 bits per heavy atom. The van der Waals surface area contributed by atoms with Crippen molar-refractivity contribution in [2.75, 3.05) is 6.54 Å². The number of rotatable bonds is 3. The Bertz CT molecular complexity index is 192. The van der Waals surface area contributed by atoms with Crippen LogP contribution in [0.15, 0.2) is 6.20 Å². The summed E-state index contributed by atoms with van der Waals surface area (Å²) < 4.78 is 0. The Hall–Kier alpha value is -0.830. The second kappa shape index (κ2) is 3.37. The number of nitrogens with one attached hydrogen (secondary N) is 1. The van der Waals surface area contributed by atoms with E-state index in [9.17, 15) is 0 Å². The maximum atomic E-state index is 5.36. The molecule has 3 heteroatoms. The van der Waals surface area contributed by atoms with Crippen molar-refractivity contribution < 1.29 is 0 Å². The van der Waals surface area contributed by atoms with Crippen LogP contribution in [0.2, 0.25) is 0 Å². The van der Waals surface area contributed by atoms with Crippen LogP contribution >= 0.6 is 0 Å². The van der Waals surface area contributed by atoms with Gasteiger partial charge in [-0.2, -0.15) is 0 Å². The number of nitrogens with two attached hydrogens (primary N) is 1. The Kier molecular flexibility index (Phi) is 2.45. The largest absolute Gasteiger partial charge is 0.346 e. The molecule has 0 atom stereocenters. The summed E-state index contributed by atoms with van der Waals surface area (Å²) in [5.41, 5.74) is 6.50. The van der Waals surface area contributed by atoms with Gasteiger partial charge in [-0.05, 0) is 6.54 Å². The van der Waals surface area contributed by atoms with Crippen molar-refractivity contribution in [3.63, 3.8) is 0 Å².